The van der Waals surface area contributed by atoms with Crippen LogP contribution in [0.4, 0.5) is 0 Å². The van der Waals surface area contributed by atoms with Crippen molar-refractivity contribution in [3.63, 3.8) is 0 Å². The van der Waals surface area contributed by atoms with Crippen LogP contribution >= 0.6 is 11.3 Å². The molecule has 1 saturated carbocycles. The first-order chi connectivity index (χ1) is 11.7. The molecule has 0 aromatic carbocycles. The van der Waals surface area contributed by atoms with Crippen molar-refractivity contribution in [2.75, 3.05) is 40.4 Å². The summed E-state index contributed by atoms with van der Waals surface area (Å²) in [5, 5.41) is 5.78. The lowest BCUT2D eigenvalue weighted by molar-refractivity contribution is 0.104. The molecule has 0 bridgehead atoms. The Balaban J connectivity index is 1.81. The number of hydrogen-bond acceptors (Lipinski definition) is 3. The second kappa shape index (κ2) is 10.0. The predicted octanol–water partition coefficient (Wildman–Crippen LogP) is 3.78. The monoisotopic (exact) mass is 351 g/mol. The molecule has 1 aliphatic carbocycles. The van der Waals surface area contributed by atoms with E-state index in [-0.39, 0.29) is 0 Å². The number of rotatable bonds is 9. The van der Waals surface area contributed by atoms with Crippen LogP contribution in [0.15, 0.2) is 22.5 Å². The van der Waals surface area contributed by atoms with Crippen molar-refractivity contribution in [3.8, 4) is 0 Å². The number of likely N-dealkylation sites (N-methyl/N-ethyl adjacent to an activating group) is 1. The van der Waals surface area contributed by atoms with E-state index in [0.717, 1.165) is 45.1 Å². The smallest absolute Gasteiger partial charge is 0.193 e. The number of hydrogen-bond donors (Lipinski definition) is 1. The molecule has 0 amide bonds. The fourth-order valence-electron chi connectivity index (χ4n) is 3.56. The second-order valence-electron chi connectivity index (χ2n) is 6.81. The number of aliphatic imine (C=N–C) groups is 1. The molecule has 4 nitrogen and oxygen atoms in total. The summed E-state index contributed by atoms with van der Waals surface area (Å²) >= 11 is 1.83. The Morgan fingerprint density at radius 1 is 1.42 bits per heavy atom. The van der Waals surface area contributed by atoms with Crippen molar-refractivity contribution in [1.29, 1.82) is 0 Å². The third-order valence-electron chi connectivity index (χ3n) is 5.11. The lowest BCUT2D eigenvalue weighted by atomic mass is 9.83. The van der Waals surface area contributed by atoms with Gasteiger partial charge in [-0.2, -0.15) is 0 Å². The molecular weight excluding hydrogens is 318 g/mol. The van der Waals surface area contributed by atoms with Crippen molar-refractivity contribution in [2.45, 2.75) is 45.4 Å². The molecule has 1 heterocycles. The van der Waals surface area contributed by atoms with Gasteiger partial charge in [0.1, 0.15) is 0 Å². The summed E-state index contributed by atoms with van der Waals surface area (Å²) in [6.07, 6.45) is 7.54. The van der Waals surface area contributed by atoms with E-state index in [4.69, 9.17) is 4.74 Å². The normalized spacial score (nSPS) is 17.2. The zero-order valence-corrected chi connectivity index (χ0v) is 16.3. The van der Waals surface area contributed by atoms with Crippen LogP contribution in [0, 0.1) is 5.41 Å². The molecule has 1 fully saturated rings. The van der Waals surface area contributed by atoms with Crippen LogP contribution in [0.5, 0.6) is 0 Å². The van der Waals surface area contributed by atoms with E-state index < -0.39 is 0 Å². The average molecular weight is 352 g/mol. The van der Waals surface area contributed by atoms with Crippen LogP contribution in [-0.2, 0) is 11.2 Å². The van der Waals surface area contributed by atoms with E-state index in [1.54, 1.807) is 0 Å². The SMILES string of the molecule is CCOCCC1(CNC(=NC)N(C)CCc2cccs2)CCCC1. The molecule has 0 spiro atoms. The topological polar surface area (TPSA) is 36.9 Å². The highest BCUT2D eigenvalue weighted by molar-refractivity contribution is 7.09. The zero-order chi connectivity index (χ0) is 17.3. The van der Waals surface area contributed by atoms with Crippen molar-refractivity contribution < 1.29 is 4.74 Å². The van der Waals surface area contributed by atoms with Gasteiger partial charge in [0.15, 0.2) is 5.96 Å². The summed E-state index contributed by atoms with van der Waals surface area (Å²) in [6.45, 7) is 5.77. The number of ether oxygens (including phenoxy) is 1. The van der Waals surface area contributed by atoms with Crippen molar-refractivity contribution >= 4 is 17.3 Å². The van der Waals surface area contributed by atoms with E-state index in [0.29, 0.717) is 5.41 Å². The van der Waals surface area contributed by atoms with E-state index >= 15 is 0 Å². The van der Waals surface area contributed by atoms with Crippen molar-refractivity contribution in [3.05, 3.63) is 22.4 Å². The molecule has 2 rings (SSSR count). The highest BCUT2D eigenvalue weighted by atomic mass is 32.1. The Hall–Kier alpha value is -1.07. The molecule has 24 heavy (non-hydrogen) atoms. The average Bonchev–Trinajstić information content (AvgIpc) is 3.26. The fraction of sp³-hybridized carbons (Fsp3) is 0.737. The van der Waals surface area contributed by atoms with Gasteiger partial charge in [0.2, 0.25) is 0 Å². The van der Waals surface area contributed by atoms with Gasteiger partial charge in [-0.15, -0.1) is 11.3 Å². The Labute approximate surface area is 151 Å². The molecular formula is C19H33N3OS. The summed E-state index contributed by atoms with van der Waals surface area (Å²) in [5.41, 5.74) is 0.389. The maximum Gasteiger partial charge on any atom is 0.193 e. The largest absolute Gasteiger partial charge is 0.382 e. The molecule has 1 N–H and O–H groups in total. The van der Waals surface area contributed by atoms with Crippen LogP contribution < -0.4 is 5.32 Å². The van der Waals surface area contributed by atoms with Crippen LogP contribution in [0.3, 0.4) is 0 Å². The number of guanidine groups is 1. The molecule has 0 saturated heterocycles. The lowest BCUT2D eigenvalue weighted by Gasteiger charge is -2.31. The quantitative estimate of drug-likeness (QED) is 0.418. The van der Waals surface area contributed by atoms with E-state index in [1.165, 1.54) is 30.6 Å². The molecule has 0 aliphatic heterocycles. The van der Waals surface area contributed by atoms with Gasteiger partial charge in [-0.1, -0.05) is 18.9 Å². The molecule has 0 unspecified atom stereocenters. The minimum absolute atomic E-state index is 0.389. The first-order valence-corrected chi connectivity index (χ1v) is 10.1. The maximum atomic E-state index is 5.61. The molecule has 1 aliphatic rings. The number of nitrogens with one attached hydrogen (secondary N) is 1. The molecule has 1 aromatic rings. The van der Waals surface area contributed by atoms with Gasteiger partial charge in [-0.25, -0.2) is 0 Å². The molecule has 0 radical (unpaired) electrons. The Morgan fingerprint density at radius 2 is 2.21 bits per heavy atom. The van der Waals surface area contributed by atoms with Crippen molar-refractivity contribution in [1.82, 2.24) is 10.2 Å². The zero-order valence-electron chi connectivity index (χ0n) is 15.5. The van der Waals surface area contributed by atoms with Crippen molar-refractivity contribution in [2.24, 2.45) is 10.4 Å². The standard InChI is InChI=1S/C19H33N3OS/c1-4-23-14-12-19(10-5-6-11-19)16-21-18(20-2)22(3)13-9-17-8-7-15-24-17/h7-8,15H,4-6,9-14,16H2,1-3H3,(H,20,21). The van der Waals surface area contributed by atoms with Gasteiger partial charge in [0.05, 0.1) is 0 Å². The second-order valence-corrected chi connectivity index (χ2v) is 7.84. The summed E-state index contributed by atoms with van der Waals surface area (Å²) in [4.78, 5) is 8.15. The Morgan fingerprint density at radius 3 is 2.83 bits per heavy atom. The molecule has 0 atom stereocenters. The summed E-state index contributed by atoms with van der Waals surface area (Å²) in [7, 11) is 4.01. The van der Waals surface area contributed by atoms with Crippen LogP contribution in [0.2, 0.25) is 0 Å². The molecule has 5 heteroatoms. The first-order valence-electron chi connectivity index (χ1n) is 9.21. The van der Waals surface area contributed by atoms with Gasteiger partial charge >= 0.3 is 0 Å². The van der Waals surface area contributed by atoms with Gasteiger partial charge in [0, 0.05) is 45.3 Å². The minimum atomic E-state index is 0.389. The Kier molecular flexibility index (Phi) is 8.06. The van der Waals surface area contributed by atoms with Gasteiger partial charge in [0.25, 0.3) is 0 Å². The predicted molar refractivity (Wildman–Crippen MR) is 104 cm³/mol. The summed E-state index contributed by atoms with van der Waals surface area (Å²) in [6, 6.07) is 4.32. The number of thiophene rings is 1. The fourth-order valence-corrected chi connectivity index (χ4v) is 4.26. The van der Waals surface area contributed by atoms with Crippen LogP contribution in [0.1, 0.15) is 43.9 Å². The van der Waals surface area contributed by atoms with Gasteiger partial charge < -0.3 is 15.0 Å². The Bertz CT molecular complexity index is 481. The summed E-state index contributed by atoms with van der Waals surface area (Å²) in [5.74, 6) is 1.01. The van der Waals surface area contributed by atoms with E-state index in [2.05, 4.69) is 46.7 Å². The van der Waals surface area contributed by atoms with E-state index in [1.807, 2.05) is 18.4 Å². The first kappa shape index (κ1) is 19.3. The van der Waals surface area contributed by atoms with Gasteiger partial charge in [-0.05, 0) is 49.5 Å². The maximum absolute atomic E-state index is 5.61. The highest BCUT2D eigenvalue weighted by Crippen LogP contribution is 2.40. The molecule has 136 valence electrons. The lowest BCUT2D eigenvalue weighted by Crippen LogP contribution is -2.44. The van der Waals surface area contributed by atoms with Gasteiger partial charge in [-0.3, -0.25) is 4.99 Å². The van der Waals surface area contributed by atoms with Crippen LogP contribution in [0.25, 0.3) is 0 Å². The van der Waals surface area contributed by atoms with Crippen LogP contribution in [-0.4, -0.2) is 51.3 Å². The number of nitrogens with zero attached hydrogens (tertiary/aromatic N) is 2. The summed E-state index contributed by atoms with van der Waals surface area (Å²) < 4.78 is 5.61. The van der Waals surface area contributed by atoms with E-state index in [9.17, 15) is 0 Å². The highest BCUT2D eigenvalue weighted by Gasteiger charge is 2.33. The minimum Gasteiger partial charge on any atom is -0.382 e. The molecule has 1 aromatic heterocycles. The third-order valence-corrected chi connectivity index (χ3v) is 6.05. The third kappa shape index (κ3) is 5.78.